The van der Waals surface area contributed by atoms with E-state index in [-0.39, 0.29) is 0 Å². The van der Waals surface area contributed by atoms with Gasteiger partial charge in [0.2, 0.25) is 0 Å². The van der Waals surface area contributed by atoms with Gasteiger partial charge in [0.05, 0.1) is 0 Å². The van der Waals surface area contributed by atoms with Crippen LogP contribution in [0.25, 0.3) is 0 Å². The molecule has 0 saturated heterocycles. The molecule has 1 N–H and O–H groups in total. The zero-order valence-corrected chi connectivity index (χ0v) is 11.1. The van der Waals surface area contributed by atoms with Gasteiger partial charge in [-0.2, -0.15) is 11.3 Å². The first-order valence-corrected chi connectivity index (χ1v) is 7.56. The number of hydrogen-bond donors (Lipinski definition) is 1. The van der Waals surface area contributed by atoms with Gasteiger partial charge in [-0.05, 0) is 41.1 Å². The summed E-state index contributed by atoms with van der Waals surface area (Å²) in [6.45, 7) is 3.47. The van der Waals surface area contributed by atoms with Gasteiger partial charge in [0.1, 0.15) is 0 Å². The Balaban J connectivity index is 1.73. The lowest BCUT2D eigenvalue weighted by Gasteiger charge is -2.19. The molecule has 0 bridgehead atoms. The van der Waals surface area contributed by atoms with Gasteiger partial charge < -0.3 is 5.32 Å². The minimum atomic E-state index is 0.662. The van der Waals surface area contributed by atoms with Crippen LogP contribution in [0.2, 0.25) is 0 Å². The smallest absolute Gasteiger partial charge is 0.00673 e. The Morgan fingerprint density at radius 1 is 1.31 bits per heavy atom. The summed E-state index contributed by atoms with van der Waals surface area (Å²) in [6, 6.07) is 3.04. The summed E-state index contributed by atoms with van der Waals surface area (Å²) >= 11 is 1.80. The standard InChI is InChI=1S/C14H23NS/c1-12(13-8-9-16-11-13)10-15-14-6-4-2-3-5-7-14/h8-9,11-12,14-15H,2-7,10H2,1H3. The van der Waals surface area contributed by atoms with E-state index in [4.69, 9.17) is 0 Å². The summed E-state index contributed by atoms with van der Waals surface area (Å²) in [4.78, 5) is 0. The Labute approximate surface area is 103 Å². The van der Waals surface area contributed by atoms with Crippen LogP contribution in [0, 0.1) is 0 Å². The minimum absolute atomic E-state index is 0.662. The normalized spacial score (nSPS) is 20.6. The molecule has 16 heavy (non-hydrogen) atoms. The first kappa shape index (κ1) is 12.1. The summed E-state index contributed by atoms with van der Waals surface area (Å²) in [5.41, 5.74) is 1.49. The zero-order chi connectivity index (χ0) is 11.2. The number of hydrogen-bond acceptors (Lipinski definition) is 2. The van der Waals surface area contributed by atoms with Crippen molar-refractivity contribution in [3.8, 4) is 0 Å². The van der Waals surface area contributed by atoms with Crippen LogP contribution in [0.4, 0.5) is 0 Å². The van der Waals surface area contributed by atoms with Crippen LogP contribution in [0.1, 0.15) is 56.9 Å². The second-order valence-corrected chi connectivity index (χ2v) is 5.83. The molecule has 0 amide bonds. The molecule has 1 aliphatic rings. The van der Waals surface area contributed by atoms with Gasteiger partial charge in [0.15, 0.2) is 0 Å². The molecular weight excluding hydrogens is 214 g/mol. The molecule has 2 rings (SSSR count). The molecule has 1 unspecified atom stereocenters. The van der Waals surface area contributed by atoms with Crippen molar-refractivity contribution in [2.75, 3.05) is 6.54 Å². The van der Waals surface area contributed by atoms with E-state index in [2.05, 4.69) is 29.1 Å². The number of thiophene rings is 1. The van der Waals surface area contributed by atoms with Gasteiger partial charge in [-0.25, -0.2) is 0 Å². The van der Waals surface area contributed by atoms with Gasteiger partial charge >= 0.3 is 0 Å². The van der Waals surface area contributed by atoms with E-state index in [1.54, 1.807) is 11.3 Å². The molecule has 0 radical (unpaired) electrons. The van der Waals surface area contributed by atoms with Crippen LogP contribution in [-0.2, 0) is 0 Å². The maximum atomic E-state index is 3.75. The molecule has 2 heteroatoms. The van der Waals surface area contributed by atoms with E-state index in [0.29, 0.717) is 5.92 Å². The Bertz CT molecular complexity index is 273. The van der Waals surface area contributed by atoms with Crippen molar-refractivity contribution in [1.82, 2.24) is 5.32 Å². The quantitative estimate of drug-likeness (QED) is 0.775. The lowest BCUT2D eigenvalue weighted by Crippen LogP contribution is -2.31. The zero-order valence-electron chi connectivity index (χ0n) is 10.2. The highest BCUT2D eigenvalue weighted by molar-refractivity contribution is 7.07. The van der Waals surface area contributed by atoms with Crippen molar-refractivity contribution < 1.29 is 0 Å². The number of nitrogens with one attached hydrogen (secondary N) is 1. The van der Waals surface area contributed by atoms with Crippen LogP contribution in [0.5, 0.6) is 0 Å². The van der Waals surface area contributed by atoms with Crippen LogP contribution >= 0.6 is 11.3 Å². The molecule has 1 atom stereocenters. The van der Waals surface area contributed by atoms with E-state index in [1.807, 2.05) is 0 Å². The maximum absolute atomic E-state index is 3.75. The number of rotatable bonds is 4. The second-order valence-electron chi connectivity index (χ2n) is 5.05. The molecule has 1 aromatic heterocycles. The molecule has 0 aliphatic heterocycles. The highest BCUT2D eigenvalue weighted by Crippen LogP contribution is 2.20. The van der Waals surface area contributed by atoms with Gasteiger partial charge in [0.25, 0.3) is 0 Å². The van der Waals surface area contributed by atoms with E-state index < -0.39 is 0 Å². The van der Waals surface area contributed by atoms with E-state index in [1.165, 1.54) is 44.1 Å². The summed E-state index contributed by atoms with van der Waals surface area (Å²) in [5.74, 6) is 0.662. The second kappa shape index (κ2) is 6.41. The van der Waals surface area contributed by atoms with E-state index in [0.717, 1.165) is 12.6 Å². The molecule has 90 valence electrons. The predicted molar refractivity (Wildman–Crippen MR) is 72.2 cm³/mol. The highest BCUT2D eigenvalue weighted by Gasteiger charge is 2.13. The van der Waals surface area contributed by atoms with Crippen molar-refractivity contribution in [2.24, 2.45) is 0 Å². The SMILES string of the molecule is CC(CNC1CCCCCC1)c1ccsc1. The molecule has 1 fully saturated rings. The third kappa shape index (κ3) is 3.60. The fourth-order valence-corrected chi connectivity index (χ4v) is 3.28. The van der Waals surface area contributed by atoms with Crippen molar-refractivity contribution in [3.63, 3.8) is 0 Å². The molecule has 0 aromatic carbocycles. The third-order valence-electron chi connectivity index (χ3n) is 3.68. The Morgan fingerprint density at radius 2 is 2.06 bits per heavy atom. The van der Waals surface area contributed by atoms with Gasteiger partial charge in [-0.3, -0.25) is 0 Å². The Morgan fingerprint density at radius 3 is 2.69 bits per heavy atom. The van der Waals surface area contributed by atoms with Crippen molar-refractivity contribution >= 4 is 11.3 Å². The van der Waals surface area contributed by atoms with Crippen LogP contribution in [0.3, 0.4) is 0 Å². The van der Waals surface area contributed by atoms with Crippen LogP contribution in [0.15, 0.2) is 16.8 Å². The lowest BCUT2D eigenvalue weighted by atomic mass is 10.0. The van der Waals surface area contributed by atoms with Crippen LogP contribution < -0.4 is 5.32 Å². The topological polar surface area (TPSA) is 12.0 Å². The molecule has 1 aliphatic carbocycles. The van der Waals surface area contributed by atoms with Crippen molar-refractivity contribution in [1.29, 1.82) is 0 Å². The van der Waals surface area contributed by atoms with Crippen LogP contribution in [-0.4, -0.2) is 12.6 Å². The average Bonchev–Trinajstić information content (AvgIpc) is 2.71. The third-order valence-corrected chi connectivity index (χ3v) is 4.38. The largest absolute Gasteiger partial charge is 0.313 e. The molecular formula is C14H23NS. The van der Waals surface area contributed by atoms with E-state index >= 15 is 0 Å². The average molecular weight is 237 g/mol. The van der Waals surface area contributed by atoms with Crippen molar-refractivity contribution in [3.05, 3.63) is 22.4 Å². The molecule has 1 heterocycles. The summed E-state index contributed by atoms with van der Waals surface area (Å²) in [5, 5.41) is 8.21. The molecule has 1 saturated carbocycles. The van der Waals surface area contributed by atoms with Crippen molar-refractivity contribution in [2.45, 2.75) is 57.4 Å². The predicted octanol–water partition coefficient (Wildman–Crippen LogP) is 4.16. The monoisotopic (exact) mass is 237 g/mol. The molecule has 1 aromatic rings. The minimum Gasteiger partial charge on any atom is -0.313 e. The summed E-state index contributed by atoms with van der Waals surface area (Å²) in [6.07, 6.45) is 8.50. The van der Waals surface area contributed by atoms with Gasteiger partial charge in [-0.1, -0.05) is 32.6 Å². The Kier molecular flexibility index (Phi) is 4.86. The maximum Gasteiger partial charge on any atom is 0.00673 e. The van der Waals surface area contributed by atoms with Gasteiger partial charge in [0, 0.05) is 12.6 Å². The summed E-state index contributed by atoms with van der Waals surface area (Å²) < 4.78 is 0. The fraction of sp³-hybridized carbons (Fsp3) is 0.714. The summed E-state index contributed by atoms with van der Waals surface area (Å²) in [7, 11) is 0. The highest BCUT2D eigenvalue weighted by atomic mass is 32.1. The molecule has 1 nitrogen and oxygen atoms in total. The first-order valence-electron chi connectivity index (χ1n) is 6.62. The first-order chi connectivity index (χ1) is 7.86. The van der Waals surface area contributed by atoms with Gasteiger partial charge in [-0.15, -0.1) is 0 Å². The van der Waals surface area contributed by atoms with E-state index in [9.17, 15) is 0 Å². The fourth-order valence-electron chi connectivity index (χ4n) is 2.50. The lowest BCUT2D eigenvalue weighted by molar-refractivity contribution is 0.446. The Hall–Kier alpha value is -0.340. The molecule has 0 spiro atoms.